The van der Waals surface area contributed by atoms with E-state index in [1.807, 2.05) is 25.1 Å². The van der Waals surface area contributed by atoms with Gasteiger partial charge in [0.2, 0.25) is 10.0 Å². The molecule has 1 aliphatic heterocycles. The average Bonchev–Trinajstić information content (AvgIpc) is 2.78. The Morgan fingerprint density at radius 3 is 2.72 bits per heavy atom. The van der Waals surface area contributed by atoms with Crippen molar-refractivity contribution in [3.63, 3.8) is 0 Å². The van der Waals surface area contributed by atoms with Gasteiger partial charge in [0.1, 0.15) is 0 Å². The molecule has 0 radical (unpaired) electrons. The van der Waals surface area contributed by atoms with Crippen molar-refractivity contribution in [1.29, 1.82) is 0 Å². The molecule has 32 heavy (non-hydrogen) atoms. The van der Waals surface area contributed by atoms with E-state index in [0.717, 1.165) is 19.3 Å². The third kappa shape index (κ3) is 8.17. The van der Waals surface area contributed by atoms with Crippen LogP contribution in [0.3, 0.4) is 0 Å². The molecule has 2 unspecified atom stereocenters. The van der Waals surface area contributed by atoms with E-state index in [-0.39, 0.29) is 48.4 Å². The smallest absolute Gasteiger partial charge is 0.213 e. The molecule has 1 aliphatic rings. The SMILES string of the molecule is CCNC(=NCCS(=O)(=O)NCC1CCCCO1)NC(C)c1cccc2ccccc12.I. The molecule has 0 amide bonds. The van der Waals surface area contributed by atoms with Crippen LogP contribution in [0.1, 0.15) is 44.7 Å². The highest BCUT2D eigenvalue weighted by Gasteiger charge is 2.18. The van der Waals surface area contributed by atoms with Crippen molar-refractivity contribution in [2.24, 2.45) is 4.99 Å². The normalized spacial score (nSPS) is 18.1. The van der Waals surface area contributed by atoms with Crippen molar-refractivity contribution < 1.29 is 13.2 Å². The van der Waals surface area contributed by atoms with Gasteiger partial charge in [-0.25, -0.2) is 13.1 Å². The summed E-state index contributed by atoms with van der Waals surface area (Å²) >= 11 is 0. The number of ether oxygens (including phenoxy) is 1. The summed E-state index contributed by atoms with van der Waals surface area (Å²) in [6.07, 6.45) is 3.02. The molecular weight excluding hydrogens is 539 g/mol. The fourth-order valence-corrected chi connectivity index (χ4v) is 4.68. The second-order valence-corrected chi connectivity index (χ2v) is 9.78. The highest BCUT2D eigenvalue weighted by Crippen LogP contribution is 2.23. The van der Waals surface area contributed by atoms with Crippen LogP contribution in [0.2, 0.25) is 0 Å². The van der Waals surface area contributed by atoms with Gasteiger partial charge in [-0.2, -0.15) is 0 Å². The van der Waals surface area contributed by atoms with Crippen molar-refractivity contribution >= 4 is 50.7 Å². The number of nitrogens with one attached hydrogen (secondary N) is 3. The Labute approximate surface area is 208 Å². The fraction of sp³-hybridized carbons (Fsp3) is 0.522. The molecular formula is C23H35IN4O3S. The molecule has 2 aromatic carbocycles. The Hall–Kier alpha value is -1.43. The Bertz CT molecular complexity index is 973. The maximum absolute atomic E-state index is 12.3. The first-order chi connectivity index (χ1) is 15.0. The number of guanidine groups is 1. The number of sulfonamides is 1. The highest BCUT2D eigenvalue weighted by atomic mass is 127. The standard InChI is InChI=1S/C23H34N4O3S.HI/c1-3-24-23(25-14-16-31(28,29)26-17-20-11-6-7-15-30-20)27-18(2)21-13-8-10-19-9-4-5-12-22(19)21;/h4-5,8-10,12-13,18,20,26H,3,6-7,11,14-17H2,1-2H3,(H2,24,25,27);1H. The molecule has 0 aliphatic carbocycles. The van der Waals surface area contributed by atoms with Crippen LogP contribution >= 0.6 is 24.0 Å². The molecule has 2 atom stereocenters. The van der Waals surface area contributed by atoms with E-state index >= 15 is 0 Å². The van der Waals surface area contributed by atoms with Gasteiger partial charge in [-0.1, -0.05) is 42.5 Å². The summed E-state index contributed by atoms with van der Waals surface area (Å²) in [5, 5.41) is 8.99. The van der Waals surface area contributed by atoms with Gasteiger partial charge in [0.05, 0.1) is 24.4 Å². The lowest BCUT2D eigenvalue weighted by Gasteiger charge is -2.22. The number of nitrogens with zero attached hydrogens (tertiary/aromatic N) is 1. The Balaban J connectivity index is 0.00000363. The number of hydrogen-bond acceptors (Lipinski definition) is 4. The van der Waals surface area contributed by atoms with E-state index in [4.69, 9.17) is 4.74 Å². The molecule has 1 saturated heterocycles. The number of rotatable bonds is 9. The van der Waals surface area contributed by atoms with Gasteiger partial charge in [-0.05, 0) is 49.4 Å². The van der Waals surface area contributed by atoms with Gasteiger partial charge in [-0.3, -0.25) is 4.99 Å². The summed E-state index contributed by atoms with van der Waals surface area (Å²) < 4.78 is 32.9. The maximum atomic E-state index is 12.3. The lowest BCUT2D eigenvalue weighted by molar-refractivity contribution is 0.0200. The maximum Gasteiger partial charge on any atom is 0.213 e. The number of aliphatic imine (C=N–C) groups is 1. The van der Waals surface area contributed by atoms with Crippen LogP contribution in [0.25, 0.3) is 10.8 Å². The predicted molar refractivity (Wildman–Crippen MR) is 142 cm³/mol. The summed E-state index contributed by atoms with van der Waals surface area (Å²) in [4.78, 5) is 4.48. The molecule has 2 aromatic rings. The third-order valence-corrected chi connectivity index (χ3v) is 6.75. The van der Waals surface area contributed by atoms with Crippen LogP contribution in [-0.2, 0) is 14.8 Å². The topological polar surface area (TPSA) is 91.8 Å². The second-order valence-electron chi connectivity index (χ2n) is 7.85. The van der Waals surface area contributed by atoms with E-state index in [2.05, 4.69) is 51.5 Å². The van der Waals surface area contributed by atoms with Crippen LogP contribution in [0.5, 0.6) is 0 Å². The molecule has 1 fully saturated rings. The first-order valence-electron chi connectivity index (χ1n) is 11.1. The van der Waals surface area contributed by atoms with E-state index in [1.165, 1.54) is 16.3 Å². The lowest BCUT2D eigenvalue weighted by Crippen LogP contribution is -2.40. The molecule has 0 spiro atoms. The van der Waals surface area contributed by atoms with Crippen LogP contribution in [-0.4, -0.2) is 52.5 Å². The molecule has 7 nitrogen and oxygen atoms in total. The molecule has 0 bridgehead atoms. The van der Waals surface area contributed by atoms with Gasteiger partial charge < -0.3 is 15.4 Å². The van der Waals surface area contributed by atoms with Crippen LogP contribution in [0.15, 0.2) is 47.5 Å². The van der Waals surface area contributed by atoms with Crippen molar-refractivity contribution in [1.82, 2.24) is 15.4 Å². The van der Waals surface area contributed by atoms with E-state index in [0.29, 0.717) is 25.7 Å². The van der Waals surface area contributed by atoms with Crippen LogP contribution in [0, 0.1) is 0 Å². The monoisotopic (exact) mass is 574 g/mol. The highest BCUT2D eigenvalue weighted by molar-refractivity contribution is 14.0. The summed E-state index contributed by atoms with van der Waals surface area (Å²) in [5.74, 6) is 0.549. The Morgan fingerprint density at radius 2 is 1.97 bits per heavy atom. The predicted octanol–water partition coefficient (Wildman–Crippen LogP) is 3.56. The minimum atomic E-state index is -3.39. The van der Waals surface area contributed by atoms with Crippen molar-refractivity contribution in [2.45, 2.75) is 45.3 Å². The van der Waals surface area contributed by atoms with E-state index in [1.54, 1.807) is 0 Å². The van der Waals surface area contributed by atoms with Gasteiger partial charge >= 0.3 is 0 Å². The molecule has 3 rings (SSSR count). The minimum absolute atomic E-state index is 0. The average molecular weight is 575 g/mol. The molecule has 178 valence electrons. The first kappa shape index (κ1) is 26.8. The Morgan fingerprint density at radius 1 is 1.19 bits per heavy atom. The summed E-state index contributed by atoms with van der Waals surface area (Å²) in [6.45, 7) is 5.99. The fourth-order valence-electron chi connectivity index (χ4n) is 3.77. The number of benzene rings is 2. The number of hydrogen-bond donors (Lipinski definition) is 3. The van der Waals surface area contributed by atoms with Crippen molar-refractivity contribution in [3.05, 3.63) is 48.0 Å². The quantitative estimate of drug-likeness (QED) is 0.242. The van der Waals surface area contributed by atoms with Crippen LogP contribution in [0.4, 0.5) is 0 Å². The molecule has 0 aromatic heterocycles. The Kier molecular flexibility index (Phi) is 11.2. The zero-order valence-electron chi connectivity index (χ0n) is 18.8. The van der Waals surface area contributed by atoms with E-state index in [9.17, 15) is 8.42 Å². The minimum Gasteiger partial charge on any atom is -0.377 e. The lowest BCUT2D eigenvalue weighted by atomic mass is 10.00. The summed E-state index contributed by atoms with van der Waals surface area (Å²) in [6, 6.07) is 14.5. The number of fused-ring (bicyclic) bond motifs is 1. The summed E-state index contributed by atoms with van der Waals surface area (Å²) in [7, 11) is -3.39. The van der Waals surface area contributed by atoms with Gasteiger partial charge in [0, 0.05) is 19.7 Å². The van der Waals surface area contributed by atoms with E-state index < -0.39 is 10.0 Å². The molecule has 0 saturated carbocycles. The van der Waals surface area contributed by atoms with Gasteiger partial charge in [-0.15, -0.1) is 24.0 Å². The zero-order valence-corrected chi connectivity index (χ0v) is 22.0. The third-order valence-electron chi connectivity index (χ3n) is 5.42. The van der Waals surface area contributed by atoms with Gasteiger partial charge in [0.15, 0.2) is 5.96 Å². The number of halogens is 1. The molecule has 9 heteroatoms. The van der Waals surface area contributed by atoms with Crippen LogP contribution < -0.4 is 15.4 Å². The first-order valence-corrected chi connectivity index (χ1v) is 12.7. The van der Waals surface area contributed by atoms with Crippen molar-refractivity contribution in [2.75, 3.05) is 32.0 Å². The summed E-state index contributed by atoms with van der Waals surface area (Å²) in [5.41, 5.74) is 1.17. The molecule has 1 heterocycles. The van der Waals surface area contributed by atoms with Gasteiger partial charge in [0.25, 0.3) is 0 Å². The zero-order chi connectivity index (χ0) is 22.1. The second kappa shape index (κ2) is 13.3. The van der Waals surface area contributed by atoms with Crippen molar-refractivity contribution in [3.8, 4) is 0 Å². The largest absolute Gasteiger partial charge is 0.377 e. The molecule has 3 N–H and O–H groups in total.